The van der Waals surface area contributed by atoms with Gasteiger partial charge in [0.15, 0.2) is 6.10 Å². The lowest BCUT2D eigenvalue weighted by Gasteiger charge is -2.29. The zero-order valence-electron chi connectivity index (χ0n) is 22.1. The quantitative estimate of drug-likeness (QED) is 0.323. The lowest BCUT2D eigenvalue weighted by molar-refractivity contribution is -0.160. The Morgan fingerprint density at radius 1 is 1.18 bits per heavy atom. The molecule has 1 fully saturated rings. The van der Waals surface area contributed by atoms with Crippen molar-refractivity contribution >= 4 is 27.8 Å². The minimum atomic E-state index is -1.18. The van der Waals surface area contributed by atoms with Gasteiger partial charge in [0.1, 0.15) is 11.4 Å². The van der Waals surface area contributed by atoms with Crippen molar-refractivity contribution in [2.45, 2.75) is 58.7 Å². The largest absolute Gasteiger partial charge is 0.493 e. The van der Waals surface area contributed by atoms with Crippen LogP contribution < -0.4 is 4.74 Å². The van der Waals surface area contributed by atoms with Gasteiger partial charge in [-0.1, -0.05) is 5.92 Å². The third-order valence-electron chi connectivity index (χ3n) is 7.02. The first-order chi connectivity index (χ1) is 18.2. The van der Waals surface area contributed by atoms with Crippen molar-refractivity contribution in [2.24, 2.45) is 5.92 Å². The Labute approximate surface area is 222 Å². The molecule has 1 aliphatic carbocycles. The third-order valence-corrected chi connectivity index (χ3v) is 7.02. The molecular weight excluding hydrogens is 476 g/mol. The molecule has 1 N–H and O–H groups in total. The Balaban J connectivity index is 1.67. The van der Waals surface area contributed by atoms with E-state index in [2.05, 4.69) is 11.8 Å². The highest BCUT2D eigenvalue weighted by Gasteiger charge is 2.33. The molecule has 1 saturated carbocycles. The number of nitrogens with zero attached hydrogens (tertiary/aromatic N) is 2. The molecule has 1 aliphatic heterocycles. The number of aromatic nitrogens is 2. The van der Waals surface area contributed by atoms with Crippen molar-refractivity contribution in [2.75, 3.05) is 6.61 Å². The van der Waals surface area contributed by atoms with E-state index in [4.69, 9.17) is 19.4 Å². The van der Waals surface area contributed by atoms with Crippen LogP contribution in [0.25, 0.3) is 32.9 Å². The van der Waals surface area contributed by atoms with E-state index < -0.39 is 17.7 Å². The van der Waals surface area contributed by atoms with E-state index in [1.54, 1.807) is 0 Å². The lowest BCUT2D eigenvalue weighted by Crippen LogP contribution is -2.28. The predicted molar refractivity (Wildman–Crippen MR) is 147 cm³/mol. The summed E-state index contributed by atoms with van der Waals surface area (Å²) in [5.74, 6) is 6.73. The van der Waals surface area contributed by atoms with Crippen LogP contribution in [0.3, 0.4) is 0 Å². The highest BCUT2D eigenvalue weighted by Crippen LogP contribution is 2.44. The van der Waals surface area contributed by atoms with Gasteiger partial charge >= 0.3 is 5.97 Å². The van der Waals surface area contributed by atoms with E-state index in [9.17, 15) is 9.90 Å². The van der Waals surface area contributed by atoms with Crippen LogP contribution in [-0.2, 0) is 16.0 Å². The Morgan fingerprint density at radius 3 is 2.74 bits per heavy atom. The molecule has 0 bridgehead atoms. The summed E-state index contributed by atoms with van der Waals surface area (Å²) in [5, 5.41) is 12.2. The van der Waals surface area contributed by atoms with Gasteiger partial charge in [-0.2, -0.15) is 0 Å². The highest BCUT2D eigenvalue weighted by molar-refractivity contribution is 6.08. The number of benzene rings is 2. The summed E-state index contributed by atoms with van der Waals surface area (Å²) in [6, 6.07) is 11.8. The van der Waals surface area contributed by atoms with Gasteiger partial charge in [-0.05, 0) is 99.5 Å². The van der Waals surface area contributed by atoms with Gasteiger partial charge < -0.3 is 14.6 Å². The van der Waals surface area contributed by atoms with Crippen molar-refractivity contribution in [3.05, 3.63) is 65.0 Å². The highest BCUT2D eigenvalue weighted by atomic mass is 16.5. The van der Waals surface area contributed by atoms with Crippen molar-refractivity contribution in [3.8, 4) is 28.7 Å². The van der Waals surface area contributed by atoms with E-state index in [0.29, 0.717) is 23.8 Å². The summed E-state index contributed by atoms with van der Waals surface area (Å²) >= 11 is 0. The van der Waals surface area contributed by atoms with Gasteiger partial charge in [0, 0.05) is 40.4 Å². The fourth-order valence-corrected chi connectivity index (χ4v) is 5.21. The SMILES string of the molecule is Cc1cc2nc(C#CC3CC3)ccc2c(-c2ccc3c4c(ccnc24)CCO3)c1C(OC(C)(C)C)C(=O)O. The van der Waals surface area contributed by atoms with E-state index in [0.717, 1.165) is 63.5 Å². The number of rotatable bonds is 4. The van der Waals surface area contributed by atoms with E-state index in [1.165, 1.54) is 5.56 Å². The molecule has 2 aromatic heterocycles. The van der Waals surface area contributed by atoms with Gasteiger partial charge in [0.25, 0.3) is 0 Å². The van der Waals surface area contributed by atoms with Crippen LogP contribution in [0.4, 0.5) is 0 Å². The first kappa shape index (κ1) is 24.4. The van der Waals surface area contributed by atoms with Crippen LogP contribution >= 0.6 is 0 Å². The molecule has 0 radical (unpaired) electrons. The van der Waals surface area contributed by atoms with Gasteiger partial charge in [0.2, 0.25) is 0 Å². The molecule has 3 heterocycles. The molecule has 2 aliphatic rings. The standard InChI is InChI=1S/C32H30N2O4/c1-18-17-24-22(10-9-21(34-24)8-7-19-5-6-19)28(26(18)30(31(35)36)38-32(2,3)4)23-11-12-25-27-20(14-16-37-25)13-15-33-29(23)27/h9-13,15,17,19,30H,5-6,14,16H2,1-4H3,(H,35,36). The Bertz CT molecular complexity index is 1660. The van der Waals surface area contributed by atoms with Crippen LogP contribution in [0, 0.1) is 24.7 Å². The number of aliphatic carboxylic acids is 1. The average molecular weight is 507 g/mol. The molecule has 0 spiro atoms. The number of pyridine rings is 2. The summed E-state index contributed by atoms with van der Waals surface area (Å²) in [6.45, 7) is 8.15. The van der Waals surface area contributed by atoms with E-state index in [1.807, 2.05) is 70.3 Å². The van der Waals surface area contributed by atoms with Crippen molar-refractivity contribution in [3.63, 3.8) is 0 Å². The van der Waals surface area contributed by atoms with Gasteiger partial charge in [-0.25, -0.2) is 9.78 Å². The van der Waals surface area contributed by atoms with Crippen LogP contribution in [0.2, 0.25) is 0 Å². The van der Waals surface area contributed by atoms with Crippen LogP contribution in [0.1, 0.15) is 62.1 Å². The van der Waals surface area contributed by atoms with Crippen molar-refractivity contribution < 1.29 is 19.4 Å². The fourth-order valence-electron chi connectivity index (χ4n) is 5.21. The fraction of sp³-hybridized carbons (Fsp3) is 0.344. The normalized spacial score (nSPS) is 15.6. The number of hydrogen-bond acceptors (Lipinski definition) is 5. The monoisotopic (exact) mass is 506 g/mol. The Hall–Kier alpha value is -3.95. The molecule has 192 valence electrons. The second-order valence-corrected chi connectivity index (χ2v) is 11.1. The van der Waals surface area contributed by atoms with Gasteiger partial charge in [-0.15, -0.1) is 0 Å². The summed E-state index contributed by atoms with van der Waals surface area (Å²) in [7, 11) is 0. The zero-order chi connectivity index (χ0) is 26.6. The molecule has 6 nitrogen and oxygen atoms in total. The number of fused-ring (bicyclic) bond motifs is 1. The zero-order valence-corrected chi connectivity index (χ0v) is 22.1. The molecule has 2 aromatic carbocycles. The molecular formula is C32H30N2O4. The first-order valence-corrected chi connectivity index (χ1v) is 13.1. The molecule has 6 heteroatoms. The first-order valence-electron chi connectivity index (χ1n) is 13.1. The summed E-state index contributed by atoms with van der Waals surface area (Å²) in [6.07, 6.45) is 3.74. The number of ether oxygens (including phenoxy) is 2. The maximum Gasteiger partial charge on any atom is 0.337 e. The molecule has 1 atom stereocenters. The smallest absolute Gasteiger partial charge is 0.337 e. The third kappa shape index (κ3) is 4.48. The van der Waals surface area contributed by atoms with Gasteiger partial charge in [-0.3, -0.25) is 4.98 Å². The Morgan fingerprint density at radius 2 is 2.00 bits per heavy atom. The number of carboxylic acid groups (broad SMARTS) is 1. The second kappa shape index (κ2) is 9.11. The van der Waals surface area contributed by atoms with Crippen LogP contribution in [-0.4, -0.2) is 33.3 Å². The minimum Gasteiger partial charge on any atom is -0.493 e. The van der Waals surface area contributed by atoms with Crippen LogP contribution in [0.15, 0.2) is 42.6 Å². The summed E-state index contributed by atoms with van der Waals surface area (Å²) in [5.41, 5.74) is 5.77. The van der Waals surface area contributed by atoms with Crippen molar-refractivity contribution in [1.82, 2.24) is 9.97 Å². The number of hydrogen-bond donors (Lipinski definition) is 1. The second-order valence-electron chi connectivity index (χ2n) is 11.1. The average Bonchev–Trinajstić information content (AvgIpc) is 3.70. The van der Waals surface area contributed by atoms with Crippen molar-refractivity contribution in [1.29, 1.82) is 0 Å². The molecule has 4 aromatic rings. The number of aryl methyl sites for hydroxylation is 1. The topological polar surface area (TPSA) is 81.5 Å². The number of carboxylic acids is 1. The van der Waals surface area contributed by atoms with Gasteiger partial charge in [0.05, 0.1) is 23.2 Å². The molecule has 0 amide bonds. The minimum absolute atomic E-state index is 0.476. The summed E-state index contributed by atoms with van der Waals surface area (Å²) < 4.78 is 12.1. The molecule has 1 unspecified atom stereocenters. The maximum atomic E-state index is 12.7. The summed E-state index contributed by atoms with van der Waals surface area (Å²) in [4.78, 5) is 22.3. The molecule has 38 heavy (non-hydrogen) atoms. The maximum absolute atomic E-state index is 12.7. The van der Waals surface area contributed by atoms with E-state index in [-0.39, 0.29) is 0 Å². The molecule has 0 saturated heterocycles. The predicted octanol–water partition coefficient (Wildman–Crippen LogP) is 6.40. The van der Waals surface area contributed by atoms with Crippen LogP contribution in [0.5, 0.6) is 5.75 Å². The molecule has 6 rings (SSSR count). The van der Waals surface area contributed by atoms with E-state index >= 15 is 0 Å². The Kier molecular flexibility index (Phi) is 5.85. The number of carbonyl (C=O) groups is 1. The lowest BCUT2D eigenvalue weighted by atomic mass is 9.86.